The fourth-order valence-electron chi connectivity index (χ4n) is 5.22. The molecule has 0 atom stereocenters. The maximum Gasteiger partial charge on any atom is 0.256 e. The van der Waals surface area contributed by atoms with Crippen LogP contribution in [0.5, 0.6) is 0 Å². The van der Waals surface area contributed by atoms with Crippen molar-refractivity contribution in [3.63, 3.8) is 0 Å². The number of hydrogen-bond acceptors (Lipinski definition) is 6. The maximum atomic E-state index is 15.0. The highest BCUT2D eigenvalue weighted by Crippen LogP contribution is 2.32. The van der Waals surface area contributed by atoms with Crippen LogP contribution in [0.4, 0.5) is 20.4 Å². The van der Waals surface area contributed by atoms with E-state index >= 15 is 8.78 Å². The zero-order chi connectivity index (χ0) is 33.2. The summed E-state index contributed by atoms with van der Waals surface area (Å²) in [5, 5.41) is 6.54. The lowest BCUT2D eigenvalue weighted by Gasteiger charge is -2.19. The number of anilines is 2. The van der Waals surface area contributed by atoms with E-state index in [1.807, 2.05) is 45.0 Å². The van der Waals surface area contributed by atoms with Crippen LogP contribution in [0.2, 0.25) is 0 Å². The molecule has 1 amide bonds. The summed E-state index contributed by atoms with van der Waals surface area (Å²) in [4.78, 5) is 38.2. The SMILES string of the molecule is CC.CCN(CC)CCCNc1nc(-c2cccc(C(=O)Nc3ccccc3)c2C)c2ccc(=O)n(-c3c(F)cccc3F)c2n1. The molecule has 0 unspecified atom stereocenters. The minimum absolute atomic E-state index is 0.0382. The topological polar surface area (TPSA) is 92.2 Å². The third-order valence-electron chi connectivity index (χ3n) is 7.61. The van der Waals surface area contributed by atoms with E-state index in [4.69, 9.17) is 4.98 Å². The van der Waals surface area contributed by atoms with Crippen molar-refractivity contribution >= 4 is 28.6 Å². The third kappa shape index (κ3) is 7.46. The Morgan fingerprint density at radius 3 is 2.22 bits per heavy atom. The van der Waals surface area contributed by atoms with Crippen LogP contribution in [-0.4, -0.2) is 51.5 Å². The Morgan fingerprint density at radius 1 is 0.870 bits per heavy atom. The molecule has 3 aromatic carbocycles. The molecule has 0 saturated heterocycles. The van der Waals surface area contributed by atoms with E-state index in [1.165, 1.54) is 12.1 Å². The predicted octanol–water partition coefficient (Wildman–Crippen LogP) is 7.46. The molecular formula is C36H40F2N6O2. The zero-order valence-electron chi connectivity index (χ0n) is 26.9. The van der Waals surface area contributed by atoms with E-state index < -0.39 is 22.9 Å². The van der Waals surface area contributed by atoms with Crippen LogP contribution in [0.15, 0.2) is 83.7 Å². The Labute approximate surface area is 268 Å². The number of amides is 1. The fourth-order valence-corrected chi connectivity index (χ4v) is 5.22. The molecule has 2 heterocycles. The predicted molar refractivity (Wildman–Crippen MR) is 182 cm³/mol. The highest BCUT2D eigenvalue weighted by atomic mass is 19.1. The molecule has 0 fully saturated rings. The monoisotopic (exact) mass is 626 g/mol. The lowest BCUT2D eigenvalue weighted by molar-refractivity contribution is 0.102. The summed E-state index contributed by atoms with van der Waals surface area (Å²) < 4.78 is 31.0. The van der Waals surface area contributed by atoms with Crippen molar-refractivity contribution in [2.75, 3.05) is 36.8 Å². The zero-order valence-corrected chi connectivity index (χ0v) is 26.9. The number of fused-ring (bicyclic) bond motifs is 1. The van der Waals surface area contributed by atoms with Crippen molar-refractivity contribution in [1.82, 2.24) is 19.4 Å². The molecule has 5 rings (SSSR count). The number of benzene rings is 3. The number of nitrogens with one attached hydrogen (secondary N) is 2. The number of halogens is 2. The van der Waals surface area contributed by atoms with Crippen LogP contribution in [0.25, 0.3) is 28.0 Å². The Kier molecular flexibility index (Phi) is 11.7. The molecule has 0 aliphatic rings. The van der Waals surface area contributed by atoms with Crippen LogP contribution in [0, 0.1) is 18.6 Å². The molecule has 46 heavy (non-hydrogen) atoms. The molecule has 10 heteroatoms. The molecular weight excluding hydrogens is 586 g/mol. The Balaban J connectivity index is 0.00000235. The number of pyridine rings is 1. The van der Waals surface area contributed by atoms with Gasteiger partial charge in [-0.2, -0.15) is 4.98 Å². The second kappa shape index (κ2) is 15.9. The molecule has 0 aliphatic heterocycles. The third-order valence-corrected chi connectivity index (χ3v) is 7.61. The van der Waals surface area contributed by atoms with Gasteiger partial charge in [-0.25, -0.2) is 13.8 Å². The fraction of sp³-hybridized carbons (Fsp3) is 0.278. The van der Waals surface area contributed by atoms with Gasteiger partial charge in [-0.05, 0) is 74.9 Å². The Bertz CT molecular complexity index is 1840. The second-order valence-electron chi connectivity index (χ2n) is 10.3. The number of aromatic nitrogens is 3. The molecule has 240 valence electrons. The summed E-state index contributed by atoms with van der Waals surface area (Å²) in [6, 6.07) is 20.6. The van der Waals surface area contributed by atoms with Crippen LogP contribution in [0.1, 0.15) is 50.0 Å². The molecule has 0 aliphatic carbocycles. The lowest BCUT2D eigenvalue weighted by Crippen LogP contribution is -2.25. The highest BCUT2D eigenvalue weighted by Gasteiger charge is 2.22. The normalized spacial score (nSPS) is 10.9. The quantitative estimate of drug-likeness (QED) is 0.148. The van der Waals surface area contributed by atoms with E-state index in [0.29, 0.717) is 40.0 Å². The summed E-state index contributed by atoms with van der Waals surface area (Å²) >= 11 is 0. The number of nitrogens with zero attached hydrogens (tertiary/aromatic N) is 4. The summed E-state index contributed by atoms with van der Waals surface area (Å²) in [6.45, 7) is 13.3. The smallest absolute Gasteiger partial charge is 0.256 e. The summed E-state index contributed by atoms with van der Waals surface area (Å²) in [5.41, 5.74) is 1.63. The summed E-state index contributed by atoms with van der Waals surface area (Å²) in [7, 11) is 0. The lowest BCUT2D eigenvalue weighted by atomic mass is 9.97. The van der Waals surface area contributed by atoms with Crippen molar-refractivity contribution in [2.24, 2.45) is 0 Å². The van der Waals surface area contributed by atoms with Crippen LogP contribution >= 0.6 is 0 Å². The second-order valence-corrected chi connectivity index (χ2v) is 10.3. The van der Waals surface area contributed by atoms with E-state index in [9.17, 15) is 9.59 Å². The number of carbonyl (C=O) groups is 1. The van der Waals surface area contributed by atoms with Gasteiger partial charge in [-0.15, -0.1) is 0 Å². The first kappa shape index (κ1) is 33.9. The molecule has 2 N–H and O–H groups in total. The van der Waals surface area contributed by atoms with E-state index in [0.717, 1.165) is 42.8 Å². The van der Waals surface area contributed by atoms with E-state index in [2.05, 4.69) is 34.4 Å². The van der Waals surface area contributed by atoms with Crippen molar-refractivity contribution in [2.45, 2.75) is 41.0 Å². The minimum Gasteiger partial charge on any atom is -0.354 e. The van der Waals surface area contributed by atoms with E-state index in [-0.39, 0.29) is 17.5 Å². The standard InChI is InChI=1S/C34H34F2N6O2.C2H6/c1-4-41(5-2)21-11-20-37-34-39-30(24-14-9-15-25(22(24)3)33(44)38-23-12-7-6-8-13-23)26-18-19-29(43)42(32(26)40-34)31-27(35)16-10-17-28(31)36;1-2/h6-10,12-19H,4-5,11,20-21H2,1-3H3,(H,38,44)(H,37,39,40);1-2H3. The van der Waals surface area contributed by atoms with Gasteiger partial charge in [0.15, 0.2) is 5.65 Å². The van der Waals surface area contributed by atoms with Gasteiger partial charge in [-0.3, -0.25) is 14.2 Å². The van der Waals surface area contributed by atoms with Gasteiger partial charge in [0.05, 0.1) is 5.69 Å². The molecule has 8 nitrogen and oxygen atoms in total. The van der Waals surface area contributed by atoms with Gasteiger partial charge in [0.2, 0.25) is 5.95 Å². The van der Waals surface area contributed by atoms with Gasteiger partial charge >= 0.3 is 0 Å². The molecule has 0 saturated carbocycles. The molecule has 5 aromatic rings. The molecule has 2 aromatic heterocycles. The number of rotatable bonds is 11. The number of para-hydroxylation sites is 2. The Hall–Kier alpha value is -4.96. The first-order valence-corrected chi connectivity index (χ1v) is 15.6. The maximum absolute atomic E-state index is 15.0. The number of carbonyl (C=O) groups excluding carboxylic acids is 1. The first-order chi connectivity index (χ1) is 22.3. The average molecular weight is 627 g/mol. The van der Waals surface area contributed by atoms with Gasteiger partial charge in [-0.1, -0.05) is 64.1 Å². The van der Waals surface area contributed by atoms with Gasteiger partial charge < -0.3 is 15.5 Å². The van der Waals surface area contributed by atoms with Crippen LogP contribution < -0.4 is 16.2 Å². The minimum atomic E-state index is -0.899. The van der Waals surface area contributed by atoms with Gasteiger partial charge in [0, 0.05) is 34.8 Å². The van der Waals surface area contributed by atoms with Crippen molar-refractivity contribution in [1.29, 1.82) is 0 Å². The highest BCUT2D eigenvalue weighted by molar-refractivity contribution is 6.07. The average Bonchev–Trinajstić information content (AvgIpc) is 3.07. The van der Waals surface area contributed by atoms with Crippen molar-refractivity contribution in [3.8, 4) is 16.9 Å². The van der Waals surface area contributed by atoms with Gasteiger partial charge in [0.1, 0.15) is 17.3 Å². The molecule has 0 spiro atoms. The van der Waals surface area contributed by atoms with Crippen molar-refractivity contribution in [3.05, 3.63) is 112 Å². The van der Waals surface area contributed by atoms with Crippen LogP contribution in [-0.2, 0) is 0 Å². The summed E-state index contributed by atoms with van der Waals surface area (Å²) in [5.74, 6) is -1.90. The first-order valence-electron chi connectivity index (χ1n) is 15.6. The molecule has 0 radical (unpaired) electrons. The number of hydrogen-bond donors (Lipinski definition) is 2. The largest absolute Gasteiger partial charge is 0.354 e. The van der Waals surface area contributed by atoms with E-state index in [1.54, 1.807) is 30.3 Å². The van der Waals surface area contributed by atoms with Gasteiger partial charge in [0.25, 0.3) is 11.5 Å². The molecule has 0 bridgehead atoms. The van der Waals surface area contributed by atoms with Crippen molar-refractivity contribution < 1.29 is 13.6 Å². The van der Waals surface area contributed by atoms with Crippen LogP contribution in [0.3, 0.4) is 0 Å². The Morgan fingerprint density at radius 2 is 1.54 bits per heavy atom. The summed E-state index contributed by atoms with van der Waals surface area (Å²) in [6.07, 6.45) is 0.802.